The fourth-order valence-electron chi connectivity index (χ4n) is 1.84. The molecule has 0 unspecified atom stereocenters. The summed E-state index contributed by atoms with van der Waals surface area (Å²) in [6, 6.07) is 4.65. The molecule has 2 aromatic rings. The molecule has 0 spiro atoms. The van der Waals surface area contributed by atoms with Crippen LogP contribution in [0.1, 0.15) is 20.8 Å². The van der Waals surface area contributed by atoms with E-state index in [0.29, 0.717) is 30.3 Å². The second-order valence-electron chi connectivity index (χ2n) is 4.97. The van der Waals surface area contributed by atoms with Gasteiger partial charge < -0.3 is 14.5 Å². The molecule has 0 aliphatic rings. The first kappa shape index (κ1) is 14.3. The average Bonchev–Trinajstić information content (AvgIpc) is 2.78. The minimum atomic E-state index is -0.459. The Balaban J connectivity index is 2.14. The Morgan fingerprint density at radius 1 is 1.50 bits per heavy atom. The zero-order valence-electron chi connectivity index (χ0n) is 11.7. The van der Waals surface area contributed by atoms with Gasteiger partial charge in [-0.25, -0.2) is 0 Å². The van der Waals surface area contributed by atoms with Gasteiger partial charge in [0, 0.05) is 25.3 Å². The number of benzene rings is 1. The van der Waals surface area contributed by atoms with Gasteiger partial charge in [0.15, 0.2) is 5.58 Å². The lowest BCUT2D eigenvalue weighted by Crippen LogP contribution is -2.33. The quantitative estimate of drug-likeness (QED) is 0.645. The lowest BCUT2D eigenvalue weighted by molar-refractivity contribution is -0.384. The van der Waals surface area contributed by atoms with Crippen molar-refractivity contribution in [3.05, 3.63) is 28.3 Å². The predicted octanol–water partition coefficient (Wildman–Crippen LogP) is 2.96. The van der Waals surface area contributed by atoms with Gasteiger partial charge in [0.2, 0.25) is 0 Å². The maximum atomic E-state index is 10.7. The molecule has 0 aliphatic carbocycles. The molecule has 0 bridgehead atoms. The van der Waals surface area contributed by atoms with Gasteiger partial charge in [-0.2, -0.15) is 4.98 Å². The number of rotatable bonds is 6. The summed E-state index contributed by atoms with van der Waals surface area (Å²) in [6.45, 7) is 6.98. The first-order chi connectivity index (χ1) is 9.41. The smallest absolute Gasteiger partial charge is 0.295 e. The number of aromatic nitrogens is 1. The number of nitrogens with zero attached hydrogens (tertiary/aromatic N) is 2. The molecule has 0 aliphatic heterocycles. The van der Waals surface area contributed by atoms with E-state index in [9.17, 15) is 10.1 Å². The van der Waals surface area contributed by atoms with E-state index in [0.717, 1.165) is 0 Å². The second kappa shape index (κ2) is 5.46. The Labute approximate surface area is 116 Å². The molecule has 108 valence electrons. The van der Waals surface area contributed by atoms with Crippen LogP contribution < -0.4 is 5.32 Å². The zero-order valence-corrected chi connectivity index (χ0v) is 11.7. The molecule has 1 aromatic carbocycles. The molecule has 7 heteroatoms. The molecule has 1 aromatic heterocycles. The normalized spacial score (nSPS) is 11.8. The number of anilines is 1. The van der Waals surface area contributed by atoms with Crippen molar-refractivity contribution in [3.8, 4) is 0 Å². The summed E-state index contributed by atoms with van der Waals surface area (Å²) in [5.41, 5.74) is 0.608. The van der Waals surface area contributed by atoms with Crippen LogP contribution in [0.25, 0.3) is 11.1 Å². The van der Waals surface area contributed by atoms with Gasteiger partial charge in [0.05, 0.1) is 10.5 Å². The molecule has 1 N–H and O–H groups in total. The van der Waals surface area contributed by atoms with E-state index in [1.54, 1.807) is 6.07 Å². The number of ether oxygens (including phenoxy) is 1. The van der Waals surface area contributed by atoms with Gasteiger partial charge in [-0.15, -0.1) is 0 Å². The molecular formula is C13H17N3O4. The van der Waals surface area contributed by atoms with E-state index < -0.39 is 4.92 Å². The van der Waals surface area contributed by atoms with Crippen molar-refractivity contribution in [3.63, 3.8) is 0 Å². The van der Waals surface area contributed by atoms with E-state index in [1.807, 2.05) is 20.8 Å². The van der Waals surface area contributed by atoms with E-state index in [1.165, 1.54) is 12.1 Å². The molecule has 0 amide bonds. The summed E-state index contributed by atoms with van der Waals surface area (Å²) in [5.74, 6) is 0. The second-order valence-corrected chi connectivity index (χ2v) is 4.97. The molecule has 0 saturated carbocycles. The average molecular weight is 279 g/mol. The Hall–Kier alpha value is -2.15. The van der Waals surface area contributed by atoms with Crippen LogP contribution in [0.3, 0.4) is 0 Å². The first-order valence-corrected chi connectivity index (χ1v) is 6.34. The molecule has 2 rings (SSSR count). The van der Waals surface area contributed by atoms with Crippen LogP contribution in [0, 0.1) is 10.1 Å². The highest BCUT2D eigenvalue weighted by atomic mass is 16.6. The van der Waals surface area contributed by atoms with Gasteiger partial charge >= 0.3 is 0 Å². The van der Waals surface area contributed by atoms with E-state index in [2.05, 4.69) is 10.3 Å². The van der Waals surface area contributed by atoms with E-state index in [4.69, 9.17) is 9.15 Å². The number of nitro benzene ring substituents is 1. The van der Waals surface area contributed by atoms with Crippen molar-refractivity contribution >= 4 is 22.8 Å². The van der Waals surface area contributed by atoms with Crippen molar-refractivity contribution in [1.82, 2.24) is 4.98 Å². The van der Waals surface area contributed by atoms with Crippen LogP contribution in [0.4, 0.5) is 11.7 Å². The number of nitro groups is 1. The largest absolute Gasteiger partial charge is 0.424 e. The Morgan fingerprint density at radius 2 is 2.25 bits per heavy atom. The van der Waals surface area contributed by atoms with Crippen LogP contribution in [0.2, 0.25) is 0 Å². The summed E-state index contributed by atoms with van der Waals surface area (Å²) >= 11 is 0. The van der Waals surface area contributed by atoms with Crippen molar-refractivity contribution < 1.29 is 14.1 Å². The Morgan fingerprint density at radius 3 is 2.90 bits per heavy atom. The number of nitrogens with one attached hydrogen (secondary N) is 1. The number of fused-ring (bicyclic) bond motifs is 1. The molecule has 20 heavy (non-hydrogen) atoms. The fourth-order valence-corrected chi connectivity index (χ4v) is 1.84. The third-order valence-electron chi connectivity index (χ3n) is 2.78. The fraction of sp³-hybridized carbons (Fsp3) is 0.462. The van der Waals surface area contributed by atoms with Crippen molar-refractivity contribution in [2.24, 2.45) is 0 Å². The molecule has 0 atom stereocenters. The highest BCUT2D eigenvalue weighted by Crippen LogP contribution is 2.23. The SMILES string of the molecule is CCOC(C)(C)CNc1nc2cc([N+](=O)[O-])ccc2o1. The van der Waals surface area contributed by atoms with Crippen molar-refractivity contribution in [1.29, 1.82) is 0 Å². The van der Waals surface area contributed by atoms with Crippen LogP contribution in [-0.2, 0) is 4.74 Å². The van der Waals surface area contributed by atoms with Crippen LogP contribution in [0.15, 0.2) is 22.6 Å². The monoisotopic (exact) mass is 279 g/mol. The lowest BCUT2D eigenvalue weighted by Gasteiger charge is -2.24. The van der Waals surface area contributed by atoms with Gasteiger partial charge in [0.1, 0.15) is 5.52 Å². The van der Waals surface area contributed by atoms with Gasteiger partial charge in [-0.1, -0.05) is 0 Å². The molecule has 7 nitrogen and oxygen atoms in total. The van der Waals surface area contributed by atoms with Crippen molar-refractivity contribution in [2.45, 2.75) is 26.4 Å². The molecule has 1 heterocycles. The standard InChI is InChI=1S/C13H17N3O4/c1-4-19-13(2,3)8-14-12-15-10-7-9(16(17)18)5-6-11(10)20-12/h5-7H,4,8H2,1-3H3,(H,14,15). The minimum Gasteiger partial charge on any atom is -0.424 e. The van der Waals surface area contributed by atoms with Gasteiger partial charge in [-0.05, 0) is 26.8 Å². The maximum Gasteiger partial charge on any atom is 0.295 e. The third-order valence-corrected chi connectivity index (χ3v) is 2.78. The van der Waals surface area contributed by atoms with E-state index in [-0.39, 0.29) is 11.3 Å². The van der Waals surface area contributed by atoms with Gasteiger partial charge in [0.25, 0.3) is 11.7 Å². The van der Waals surface area contributed by atoms with E-state index >= 15 is 0 Å². The molecular weight excluding hydrogens is 262 g/mol. The predicted molar refractivity (Wildman–Crippen MR) is 74.9 cm³/mol. The van der Waals surface area contributed by atoms with Crippen LogP contribution in [0.5, 0.6) is 0 Å². The van der Waals surface area contributed by atoms with Crippen LogP contribution >= 0.6 is 0 Å². The highest BCUT2D eigenvalue weighted by molar-refractivity contribution is 5.77. The Bertz CT molecular complexity index is 621. The number of oxazole rings is 1. The molecule has 0 fully saturated rings. The summed E-state index contributed by atoms with van der Waals surface area (Å²) in [7, 11) is 0. The summed E-state index contributed by atoms with van der Waals surface area (Å²) in [5, 5.41) is 13.7. The summed E-state index contributed by atoms with van der Waals surface area (Å²) in [4.78, 5) is 14.4. The maximum absolute atomic E-state index is 10.7. The topological polar surface area (TPSA) is 90.4 Å². The lowest BCUT2D eigenvalue weighted by atomic mass is 10.1. The number of non-ortho nitro benzene ring substituents is 1. The third kappa shape index (κ3) is 3.24. The molecule has 0 radical (unpaired) electrons. The first-order valence-electron chi connectivity index (χ1n) is 6.34. The Kier molecular flexibility index (Phi) is 3.89. The zero-order chi connectivity index (χ0) is 14.8. The van der Waals surface area contributed by atoms with Crippen molar-refractivity contribution in [2.75, 3.05) is 18.5 Å². The summed E-state index contributed by atoms with van der Waals surface area (Å²) < 4.78 is 11.0. The van der Waals surface area contributed by atoms with Crippen LogP contribution in [-0.4, -0.2) is 28.7 Å². The van der Waals surface area contributed by atoms with Gasteiger partial charge in [-0.3, -0.25) is 10.1 Å². The molecule has 0 saturated heterocycles. The summed E-state index contributed by atoms with van der Waals surface area (Å²) in [6.07, 6.45) is 0. The minimum absolute atomic E-state index is 0.00741. The highest BCUT2D eigenvalue weighted by Gasteiger charge is 2.19. The number of hydrogen-bond acceptors (Lipinski definition) is 6. The number of hydrogen-bond donors (Lipinski definition) is 1.